The zero-order valence-electron chi connectivity index (χ0n) is 9.11. The first-order valence-electron chi connectivity index (χ1n) is 4.54. The lowest BCUT2D eigenvalue weighted by Gasteiger charge is -2.15. The number of methoxy groups -OCH3 is 1. The van der Waals surface area contributed by atoms with Crippen molar-refractivity contribution in [3.05, 3.63) is 28.8 Å². The van der Waals surface area contributed by atoms with Gasteiger partial charge in [-0.3, -0.25) is 4.79 Å². The Morgan fingerprint density at radius 1 is 1.31 bits per heavy atom. The second-order valence-electron chi connectivity index (χ2n) is 3.42. The Bertz CT molecular complexity index is 422. The van der Waals surface area contributed by atoms with Gasteiger partial charge in [0.25, 0.3) is 0 Å². The molecule has 0 radical (unpaired) electrons. The lowest BCUT2D eigenvalue weighted by atomic mass is 9.98. The molecule has 0 bridgehead atoms. The molecule has 5 heteroatoms. The molecular weight excluding hydrogens is 221 g/mol. The predicted octanol–water partition coefficient (Wildman–Crippen LogP) is 3.23. The van der Waals surface area contributed by atoms with E-state index in [0.29, 0.717) is 0 Å². The fraction of sp³-hybridized carbons (Fsp3) is 0.364. The number of Topliss-reactive ketones (excluding diaryl/α,β-unsaturated/α-hetero) is 1. The van der Waals surface area contributed by atoms with Gasteiger partial charge in [-0.2, -0.15) is 13.2 Å². The van der Waals surface area contributed by atoms with Crippen LogP contribution in [0.15, 0.2) is 12.1 Å². The number of hydrogen-bond acceptors (Lipinski definition) is 2. The van der Waals surface area contributed by atoms with E-state index in [1.165, 1.54) is 20.1 Å². The smallest absolute Gasteiger partial charge is 0.417 e. The van der Waals surface area contributed by atoms with Crippen LogP contribution in [0.25, 0.3) is 0 Å². The predicted molar refractivity (Wildman–Crippen MR) is 52.7 cm³/mol. The SMILES string of the molecule is COc1cc(C)c(C(F)(F)F)c(C(C)=O)c1. The number of carbonyl (C=O) groups excluding carboxylic acids is 1. The Hall–Kier alpha value is -1.52. The van der Waals surface area contributed by atoms with Gasteiger partial charge in [0.15, 0.2) is 5.78 Å². The molecule has 0 unspecified atom stereocenters. The van der Waals surface area contributed by atoms with Crippen molar-refractivity contribution in [1.82, 2.24) is 0 Å². The highest BCUT2D eigenvalue weighted by molar-refractivity contribution is 5.96. The summed E-state index contributed by atoms with van der Waals surface area (Å²) in [5.41, 5.74) is -1.26. The molecule has 0 N–H and O–H groups in total. The van der Waals surface area contributed by atoms with Crippen molar-refractivity contribution in [1.29, 1.82) is 0 Å². The minimum Gasteiger partial charge on any atom is -0.497 e. The fourth-order valence-electron chi connectivity index (χ4n) is 1.53. The molecule has 0 saturated carbocycles. The van der Waals surface area contributed by atoms with Gasteiger partial charge in [0, 0.05) is 5.56 Å². The van der Waals surface area contributed by atoms with Crippen molar-refractivity contribution < 1.29 is 22.7 Å². The van der Waals surface area contributed by atoms with E-state index in [4.69, 9.17) is 4.74 Å². The Morgan fingerprint density at radius 2 is 1.88 bits per heavy atom. The summed E-state index contributed by atoms with van der Waals surface area (Å²) in [6.45, 7) is 2.40. The maximum atomic E-state index is 12.7. The number of aryl methyl sites for hydroxylation is 1. The van der Waals surface area contributed by atoms with Crippen molar-refractivity contribution in [3.63, 3.8) is 0 Å². The first-order chi connectivity index (χ1) is 7.27. The lowest BCUT2D eigenvalue weighted by molar-refractivity contribution is -0.138. The molecule has 88 valence electrons. The topological polar surface area (TPSA) is 26.3 Å². The summed E-state index contributed by atoms with van der Waals surface area (Å²) in [5, 5.41) is 0. The van der Waals surface area contributed by atoms with Crippen LogP contribution >= 0.6 is 0 Å². The van der Waals surface area contributed by atoms with Gasteiger partial charge in [-0.1, -0.05) is 0 Å². The van der Waals surface area contributed by atoms with Gasteiger partial charge >= 0.3 is 6.18 Å². The first kappa shape index (κ1) is 12.5. The van der Waals surface area contributed by atoms with Crippen molar-refractivity contribution in [2.24, 2.45) is 0 Å². The van der Waals surface area contributed by atoms with E-state index in [0.717, 1.165) is 13.0 Å². The van der Waals surface area contributed by atoms with Crippen LogP contribution in [0.2, 0.25) is 0 Å². The molecular formula is C11H11F3O2. The molecule has 0 aliphatic heterocycles. The number of carbonyl (C=O) groups is 1. The Balaban J connectivity index is 3.53. The molecule has 0 aromatic heterocycles. The normalized spacial score (nSPS) is 11.4. The monoisotopic (exact) mass is 232 g/mol. The molecule has 0 amide bonds. The van der Waals surface area contributed by atoms with Crippen LogP contribution in [0.4, 0.5) is 13.2 Å². The van der Waals surface area contributed by atoms with Gasteiger partial charge in [-0.05, 0) is 31.5 Å². The van der Waals surface area contributed by atoms with E-state index in [1.807, 2.05) is 0 Å². The van der Waals surface area contributed by atoms with Crippen LogP contribution in [0.3, 0.4) is 0 Å². The van der Waals surface area contributed by atoms with Gasteiger partial charge in [-0.25, -0.2) is 0 Å². The molecule has 1 aromatic rings. The Morgan fingerprint density at radius 3 is 2.25 bits per heavy atom. The van der Waals surface area contributed by atoms with E-state index < -0.39 is 17.5 Å². The molecule has 16 heavy (non-hydrogen) atoms. The number of halogens is 3. The van der Waals surface area contributed by atoms with Crippen LogP contribution in [-0.2, 0) is 6.18 Å². The largest absolute Gasteiger partial charge is 0.497 e. The van der Waals surface area contributed by atoms with Crippen molar-refractivity contribution in [2.75, 3.05) is 7.11 Å². The average Bonchev–Trinajstić information content (AvgIpc) is 2.14. The minimum absolute atomic E-state index is 0.0166. The summed E-state index contributed by atoms with van der Waals surface area (Å²) in [5.74, 6) is -0.384. The second kappa shape index (κ2) is 4.15. The number of hydrogen-bond donors (Lipinski definition) is 0. The number of benzene rings is 1. The Kier molecular flexibility index (Phi) is 3.26. The van der Waals surface area contributed by atoms with Crippen LogP contribution < -0.4 is 4.74 Å². The number of ketones is 1. The third kappa shape index (κ3) is 2.35. The molecule has 0 fully saturated rings. The summed E-state index contributed by atoms with van der Waals surface area (Å²) in [6, 6.07) is 2.37. The highest BCUT2D eigenvalue weighted by atomic mass is 19.4. The molecule has 1 aromatic carbocycles. The van der Waals surface area contributed by atoms with E-state index in [1.54, 1.807) is 0 Å². The summed E-state index contributed by atoms with van der Waals surface area (Å²) in [6.07, 6.45) is -4.53. The van der Waals surface area contributed by atoms with Crippen LogP contribution in [0, 0.1) is 6.92 Å². The van der Waals surface area contributed by atoms with E-state index in [9.17, 15) is 18.0 Å². The molecule has 0 saturated heterocycles. The van der Waals surface area contributed by atoms with Crippen molar-refractivity contribution >= 4 is 5.78 Å². The van der Waals surface area contributed by atoms with Gasteiger partial charge in [0.2, 0.25) is 0 Å². The molecule has 2 nitrogen and oxygen atoms in total. The zero-order chi connectivity index (χ0) is 12.5. The third-order valence-corrected chi connectivity index (χ3v) is 2.21. The lowest BCUT2D eigenvalue weighted by Crippen LogP contribution is -2.14. The van der Waals surface area contributed by atoms with E-state index in [-0.39, 0.29) is 16.9 Å². The molecule has 1 rings (SSSR count). The summed E-state index contributed by atoms with van der Waals surface area (Å²) in [7, 11) is 1.34. The summed E-state index contributed by atoms with van der Waals surface area (Å²) < 4.78 is 43.0. The average molecular weight is 232 g/mol. The number of alkyl halides is 3. The fourth-order valence-corrected chi connectivity index (χ4v) is 1.53. The standard InChI is InChI=1S/C11H11F3O2/c1-6-4-8(16-3)5-9(7(2)15)10(6)11(12,13)14/h4-5H,1-3H3. The number of rotatable bonds is 2. The van der Waals surface area contributed by atoms with Crippen LogP contribution in [-0.4, -0.2) is 12.9 Å². The van der Waals surface area contributed by atoms with Gasteiger partial charge < -0.3 is 4.74 Å². The molecule has 0 heterocycles. The summed E-state index contributed by atoms with van der Waals surface area (Å²) >= 11 is 0. The quantitative estimate of drug-likeness (QED) is 0.732. The maximum Gasteiger partial charge on any atom is 0.417 e. The zero-order valence-corrected chi connectivity index (χ0v) is 9.11. The highest BCUT2D eigenvalue weighted by Gasteiger charge is 2.36. The summed E-state index contributed by atoms with van der Waals surface area (Å²) in [4.78, 5) is 11.2. The highest BCUT2D eigenvalue weighted by Crippen LogP contribution is 2.36. The van der Waals surface area contributed by atoms with Gasteiger partial charge in [0.1, 0.15) is 5.75 Å². The molecule has 0 aliphatic rings. The van der Waals surface area contributed by atoms with Crippen molar-refractivity contribution in [3.8, 4) is 5.75 Å². The molecule has 0 aliphatic carbocycles. The van der Waals surface area contributed by atoms with E-state index in [2.05, 4.69) is 0 Å². The number of ether oxygens (including phenoxy) is 1. The first-order valence-corrected chi connectivity index (χ1v) is 4.54. The maximum absolute atomic E-state index is 12.7. The minimum atomic E-state index is -4.53. The van der Waals surface area contributed by atoms with Crippen LogP contribution in [0.5, 0.6) is 5.75 Å². The van der Waals surface area contributed by atoms with Gasteiger partial charge in [-0.15, -0.1) is 0 Å². The molecule has 0 spiro atoms. The Labute approximate surface area is 91.0 Å². The van der Waals surface area contributed by atoms with Crippen molar-refractivity contribution in [2.45, 2.75) is 20.0 Å². The third-order valence-electron chi connectivity index (χ3n) is 2.21. The molecule has 0 atom stereocenters. The second-order valence-corrected chi connectivity index (χ2v) is 3.42. The van der Waals surface area contributed by atoms with Crippen LogP contribution in [0.1, 0.15) is 28.4 Å². The van der Waals surface area contributed by atoms with Gasteiger partial charge in [0.05, 0.1) is 12.7 Å². The van der Waals surface area contributed by atoms with E-state index >= 15 is 0 Å².